The minimum Gasteiger partial charge on any atom is -0.622 e. The van der Waals surface area contributed by atoms with Crippen LogP contribution in [0.4, 0.5) is 11.4 Å². The van der Waals surface area contributed by atoms with E-state index in [1.54, 1.807) is 12.1 Å². The van der Waals surface area contributed by atoms with Crippen LogP contribution < -0.4 is 15.5 Å². The van der Waals surface area contributed by atoms with Crippen molar-refractivity contribution in [2.75, 3.05) is 50.4 Å². The van der Waals surface area contributed by atoms with Crippen LogP contribution in [0.3, 0.4) is 0 Å². The van der Waals surface area contributed by atoms with Crippen molar-refractivity contribution in [1.82, 2.24) is 15.6 Å². The number of nitrogens with one attached hydrogen (secondary N) is 2. The topological polar surface area (TPSA) is 193 Å². The first-order valence-corrected chi connectivity index (χ1v) is 26.4. The van der Waals surface area contributed by atoms with Gasteiger partial charge in [0.15, 0.2) is 5.52 Å². The largest absolute Gasteiger partial charge is 0.622 e. The molecule has 5 N–H and O–H groups in total. The van der Waals surface area contributed by atoms with E-state index in [4.69, 9.17) is 9.15 Å². The van der Waals surface area contributed by atoms with Crippen molar-refractivity contribution in [1.29, 1.82) is 0 Å². The summed E-state index contributed by atoms with van der Waals surface area (Å²) in [6, 6.07) is 2.31. The molecule has 0 radical (unpaired) electrons. The van der Waals surface area contributed by atoms with Crippen molar-refractivity contribution in [2.45, 2.75) is 181 Å². The molecule has 0 fully saturated rings. The van der Waals surface area contributed by atoms with Crippen molar-refractivity contribution in [3.63, 3.8) is 0 Å². The number of hydrogen-bond acceptors (Lipinski definition) is 11. The van der Waals surface area contributed by atoms with Gasteiger partial charge in [-0.3, -0.25) is 4.79 Å². The maximum atomic E-state index is 13.0. The number of aromatic nitrogens is 2. The number of fused-ring (bicyclic) bond motifs is 1. The molecule has 344 valence electrons. The molecule has 2 rings (SSSR count). The Kier molecular flexibility index (Phi) is 28.9. The van der Waals surface area contributed by atoms with E-state index in [1.807, 2.05) is 6.08 Å². The van der Waals surface area contributed by atoms with Gasteiger partial charge in [-0.05, 0) is 62.8 Å². The van der Waals surface area contributed by atoms with Crippen LogP contribution in [0.15, 0.2) is 28.9 Å². The molecule has 1 aromatic carbocycles. The van der Waals surface area contributed by atoms with E-state index in [1.165, 1.54) is 70.3 Å². The standard InChI is InChI=1S/C44H79N6O8PS/c1-5-9-10-11-12-13-14-15-16-19-22-25-28-31-42(52)46-39(37-57-59(55,56)60-36-35-50(6-2,7-3)8-4)41(51)30-27-24-21-18-17-20-23-26-29-34-45-38-32-33-40(49(53)54)44-43(38)47-58-48-44/h27,30,32-33,39,41,51H,5-26,28-29,31,34-37H2,1-4H3,(H2-2,45,46,48,52,53,54,55,56)/p+2/b30-27+/t39-,41+/m0/s1. The average molecular weight is 885 g/mol. The first kappa shape index (κ1) is 53.7. The molecule has 0 aliphatic carbocycles. The van der Waals surface area contributed by atoms with Gasteiger partial charge in [-0.25, -0.2) is 14.7 Å². The number of quaternary nitrogens is 1. The zero-order valence-electron chi connectivity index (χ0n) is 37.5. The van der Waals surface area contributed by atoms with Gasteiger partial charge in [-0.15, -0.1) is 0 Å². The monoisotopic (exact) mass is 885 g/mol. The summed E-state index contributed by atoms with van der Waals surface area (Å²) in [6.45, 7) is 12.8. The zero-order chi connectivity index (χ0) is 43.9. The van der Waals surface area contributed by atoms with Crippen LogP contribution >= 0.6 is 18.5 Å². The number of nitrogens with zero attached hydrogens (tertiary/aromatic N) is 4. The van der Waals surface area contributed by atoms with Gasteiger partial charge < -0.3 is 25.1 Å². The molecule has 2 aromatic rings. The number of hydrogen-bond donors (Lipinski definition) is 5. The molecule has 1 heterocycles. The summed E-state index contributed by atoms with van der Waals surface area (Å²) in [7, 11) is -3.99. The van der Waals surface area contributed by atoms with Gasteiger partial charge in [0.2, 0.25) is 11.4 Å². The van der Waals surface area contributed by atoms with Crippen LogP contribution in [0.5, 0.6) is 0 Å². The number of aliphatic hydroxyl groups excluding tert-OH is 1. The summed E-state index contributed by atoms with van der Waals surface area (Å²) in [5.41, 5.74) is 1.28. The van der Waals surface area contributed by atoms with E-state index >= 15 is 0 Å². The fourth-order valence-electron chi connectivity index (χ4n) is 7.53. The fourth-order valence-corrected chi connectivity index (χ4v) is 10.00. The molecular weight excluding hydrogens is 804 g/mol. The van der Waals surface area contributed by atoms with Gasteiger partial charge in [0.05, 0.1) is 66.1 Å². The van der Waals surface area contributed by atoms with Gasteiger partial charge in [-0.1, -0.05) is 128 Å². The average Bonchev–Trinajstić information content (AvgIpc) is 3.73. The molecule has 0 saturated heterocycles. The number of anilines is 1. The van der Waals surface area contributed by atoms with Crippen molar-refractivity contribution < 1.29 is 43.5 Å². The normalized spacial score (nSPS) is 14.1. The van der Waals surface area contributed by atoms with E-state index in [9.17, 15) is 29.8 Å². The maximum absolute atomic E-state index is 13.0. The lowest BCUT2D eigenvalue weighted by atomic mass is 10.0. The van der Waals surface area contributed by atoms with E-state index in [0.717, 1.165) is 119 Å². The van der Waals surface area contributed by atoms with Crippen LogP contribution in [0.1, 0.15) is 169 Å². The lowest BCUT2D eigenvalue weighted by molar-refractivity contribution is -0.920. The number of carbonyl (C=O) groups excluding carboxylic acids is 1. The SMILES string of the molecule is CCCCCCCCCCCCCCCC(=O)N[C@@H](CO[P+]([O-])(O)SCC[N+](CC)(CC)CC)[C@H](O)/C=C/CCCCCCCCCNc1ccc([N+](=O)O)c2nonc12. The first-order valence-electron chi connectivity index (χ1n) is 23.3. The highest BCUT2D eigenvalue weighted by Gasteiger charge is 2.33. The molecule has 0 aliphatic heterocycles. The predicted molar refractivity (Wildman–Crippen MR) is 244 cm³/mol. The molecule has 60 heavy (non-hydrogen) atoms. The Bertz CT molecular complexity index is 1450. The number of allylic oxidation sites excluding steroid dienone is 1. The smallest absolute Gasteiger partial charge is 0.347 e. The Morgan fingerprint density at radius 2 is 1.42 bits per heavy atom. The quantitative estimate of drug-likeness (QED) is 0.0140. The summed E-state index contributed by atoms with van der Waals surface area (Å²) in [5.74, 6) is 0.306. The van der Waals surface area contributed by atoms with Gasteiger partial charge >= 0.3 is 5.69 Å². The number of aliphatic hydroxyl groups is 1. The summed E-state index contributed by atoms with van der Waals surface area (Å²) >= 11 is 0.926. The minimum atomic E-state index is -3.99. The van der Waals surface area contributed by atoms with Crippen LogP contribution in [-0.2, 0) is 9.32 Å². The molecule has 1 amide bonds. The summed E-state index contributed by atoms with van der Waals surface area (Å²) < 4.78 is 11.2. The number of rotatable bonds is 39. The third-order valence-corrected chi connectivity index (χ3v) is 14.8. The lowest BCUT2D eigenvalue weighted by Crippen LogP contribution is -2.49. The van der Waals surface area contributed by atoms with Crippen LogP contribution in [-0.4, -0.2) is 98.1 Å². The zero-order valence-corrected chi connectivity index (χ0v) is 39.2. The minimum absolute atomic E-state index is 0.0194. The molecule has 16 heteroatoms. The van der Waals surface area contributed by atoms with Crippen molar-refractivity contribution >= 4 is 46.8 Å². The third-order valence-electron chi connectivity index (χ3n) is 11.8. The highest BCUT2D eigenvalue weighted by molar-refractivity contribution is 8.56. The van der Waals surface area contributed by atoms with E-state index in [-0.39, 0.29) is 28.6 Å². The lowest BCUT2D eigenvalue weighted by Gasteiger charge is -2.35. The van der Waals surface area contributed by atoms with E-state index in [0.29, 0.717) is 23.4 Å². The molecule has 0 saturated carbocycles. The van der Waals surface area contributed by atoms with Crippen LogP contribution in [0.25, 0.3) is 11.0 Å². The second-order valence-corrected chi connectivity index (χ2v) is 20.3. The second kappa shape index (κ2) is 32.3. The molecule has 0 bridgehead atoms. The Labute approximate surface area is 365 Å². The van der Waals surface area contributed by atoms with Gasteiger partial charge in [0.1, 0.15) is 6.61 Å². The number of carbonyl (C=O) groups is 1. The Morgan fingerprint density at radius 1 is 0.867 bits per heavy atom. The van der Waals surface area contributed by atoms with E-state index in [2.05, 4.69) is 48.6 Å². The maximum Gasteiger partial charge on any atom is 0.347 e. The second-order valence-electron chi connectivity index (χ2n) is 16.3. The van der Waals surface area contributed by atoms with E-state index < -0.39 is 19.3 Å². The summed E-state index contributed by atoms with van der Waals surface area (Å²) in [4.78, 5) is 47.7. The fraction of sp³-hybridized carbons (Fsp3) is 0.795. The summed E-state index contributed by atoms with van der Waals surface area (Å²) in [5, 5.41) is 34.1. The molecule has 0 aliphatic rings. The molecule has 3 atom stereocenters. The van der Waals surface area contributed by atoms with Gasteiger partial charge in [0.25, 0.3) is 12.1 Å². The number of amides is 1. The van der Waals surface area contributed by atoms with Gasteiger partial charge in [-0.2, -0.15) is 4.52 Å². The predicted octanol–water partition coefficient (Wildman–Crippen LogP) is 10.1. The van der Waals surface area contributed by atoms with Crippen LogP contribution in [0.2, 0.25) is 0 Å². The highest BCUT2D eigenvalue weighted by Crippen LogP contribution is 2.59. The molecule has 1 unspecified atom stereocenters. The summed E-state index contributed by atoms with van der Waals surface area (Å²) in [6.07, 6.45) is 27.0. The Balaban J connectivity index is 1.71. The number of unbranched alkanes of at least 4 members (excludes halogenated alkanes) is 19. The highest BCUT2D eigenvalue weighted by atomic mass is 32.7. The number of benzene rings is 1. The Hall–Kier alpha value is -2.39. The first-order chi connectivity index (χ1) is 29.0. The van der Waals surface area contributed by atoms with Crippen LogP contribution in [0, 0.1) is 4.91 Å². The molecule has 0 spiro atoms. The molecule has 14 nitrogen and oxygen atoms in total. The van der Waals surface area contributed by atoms with Crippen molar-refractivity contribution in [3.8, 4) is 0 Å². The van der Waals surface area contributed by atoms with Gasteiger partial charge in [0, 0.05) is 19.0 Å². The third kappa shape index (κ3) is 22.6. The van der Waals surface area contributed by atoms with Crippen molar-refractivity contribution in [3.05, 3.63) is 29.2 Å². The Morgan fingerprint density at radius 3 is 2.00 bits per heavy atom. The molecular formula is C44H81N6O8PS+2. The van der Waals surface area contributed by atoms with Crippen molar-refractivity contribution in [2.24, 2.45) is 0 Å². The molecule has 1 aromatic heterocycles.